The van der Waals surface area contributed by atoms with Gasteiger partial charge in [0.15, 0.2) is 0 Å². The van der Waals surface area contributed by atoms with E-state index in [2.05, 4.69) is 56.7 Å². The van der Waals surface area contributed by atoms with E-state index in [4.69, 9.17) is 0 Å². The van der Waals surface area contributed by atoms with Crippen molar-refractivity contribution in [3.8, 4) is 11.3 Å². The van der Waals surface area contributed by atoms with Gasteiger partial charge >= 0.3 is 0 Å². The zero-order chi connectivity index (χ0) is 14.7. The number of H-pyrrole nitrogens is 1. The van der Waals surface area contributed by atoms with Crippen molar-refractivity contribution in [1.29, 1.82) is 0 Å². The second-order valence-corrected chi connectivity index (χ2v) is 4.89. The molecule has 2 N–H and O–H groups in total. The first-order valence-corrected chi connectivity index (χ1v) is 6.95. The summed E-state index contributed by atoms with van der Waals surface area (Å²) in [5.41, 5.74) is 5.26. The Labute approximate surface area is 123 Å². The number of aromatic nitrogens is 4. The summed E-state index contributed by atoms with van der Waals surface area (Å²) in [5.74, 6) is 0.566. The lowest BCUT2D eigenvalue weighted by molar-refractivity contribution is 1.09. The zero-order valence-corrected chi connectivity index (χ0v) is 12.1. The largest absolute Gasteiger partial charge is 0.321 e. The fourth-order valence-corrected chi connectivity index (χ4v) is 2.14. The third-order valence-corrected chi connectivity index (χ3v) is 3.36. The first-order valence-electron chi connectivity index (χ1n) is 6.95. The van der Waals surface area contributed by atoms with Gasteiger partial charge in [-0.15, -0.1) is 0 Å². The van der Waals surface area contributed by atoms with Gasteiger partial charge in [0.05, 0.1) is 17.6 Å². The molecule has 0 saturated carbocycles. The SMILES string of the molecule is CCc1ccc(-c2nc(Nc3cn[nH]c3)ncc2C)cc1. The average Bonchev–Trinajstić information content (AvgIpc) is 3.02. The summed E-state index contributed by atoms with van der Waals surface area (Å²) in [5, 5.41) is 9.77. The number of aryl methyl sites for hydroxylation is 2. The third-order valence-electron chi connectivity index (χ3n) is 3.36. The number of anilines is 2. The van der Waals surface area contributed by atoms with Crippen LogP contribution in [-0.4, -0.2) is 20.2 Å². The van der Waals surface area contributed by atoms with Crippen LogP contribution in [0.15, 0.2) is 42.9 Å². The Hall–Kier alpha value is -2.69. The van der Waals surface area contributed by atoms with Crippen molar-refractivity contribution in [2.24, 2.45) is 0 Å². The molecule has 1 aromatic carbocycles. The van der Waals surface area contributed by atoms with E-state index in [0.717, 1.165) is 28.9 Å². The monoisotopic (exact) mass is 279 g/mol. The summed E-state index contributed by atoms with van der Waals surface area (Å²) < 4.78 is 0. The first kappa shape index (κ1) is 13.3. The van der Waals surface area contributed by atoms with Gasteiger partial charge in [0, 0.05) is 18.0 Å². The van der Waals surface area contributed by atoms with Crippen LogP contribution in [-0.2, 0) is 6.42 Å². The topological polar surface area (TPSA) is 66.5 Å². The van der Waals surface area contributed by atoms with Gasteiger partial charge in [-0.3, -0.25) is 5.10 Å². The molecule has 0 bridgehead atoms. The molecule has 3 aromatic rings. The Bertz CT molecular complexity index is 717. The van der Waals surface area contributed by atoms with Crippen molar-refractivity contribution in [2.45, 2.75) is 20.3 Å². The Balaban J connectivity index is 1.93. The summed E-state index contributed by atoms with van der Waals surface area (Å²) in [7, 11) is 0. The summed E-state index contributed by atoms with van der Waals surface area (Å²) in [6.07, 6.45) is 6.33. The molecule has 0 amide bonds. The minimum atomic E-state index is 0.566. The second-order valence-electron chi connectivity index (χ2n) is 4.89. The summed E-state index contributed by atoms with van der Waals surface area (Å²) in [6.45, 7) is 4.17. The molecular weight excluding hydrogens is 262 g/mol. The molecule has 0 aliphatic heterocycles. The number of nitrogens with zero attached hydrogens (tertiary/aromatic N) is 3. The van der Waals surface area contributed by atoms with Gasteiger partial charge in [-0.25, -0.2) is 9.97 Å². The van der Waals surface area contributed by atoms with Crippen molar-refractivity contribution in [2.75, 3.05) is 5.32 Å². The molecule has 106 valence electrons. The summed E-state index contributed by atoms with van der Waals surface area (Å²) in [6, 6.07) is 8.49. The van der Waals surface area contributed by atoms with Gasteiger partial charge in [-0.1, -0.05) is 31.2 Å². The highest BCUT2D eigenvalue weighted by atomic mass is 15.2. The maximum atomic E-state index is 4.61. The number of hydrogen-bond donors (Lipinski definition) is 2. The highest BCUT2D eigenvalue weighted by Gasteiger charge is 2.07. The van der Waals surface area contributed by atoms with Gasteiger partial charge in [-0.05, 0) is 24.5 Å². The molecule has 0 spiro atoms. The van der Waals surface area contributed by atoms with Crippen molar-refractivity contribution in [3.05, 3.63) is 54.0 Å². The molecule has 0 radical (unpaired) electrons. The number of benzene rings is 1. The standard InChI is InChI=1S/C16H17N5/c1-3-12-4-6-13(7-5-12)15-11(2)8-17-16(21-15)20-14-9-18-19-10-14/h4-10H,3H2,1-2H3,(H,18,19)(H,17,20,21). The van der Waals surface area contributed by atoms with E-state index in [1.807, 2.05) is 13.1 Å². The highest BCUT2D eigenvalue weighted by Crippen LogP contribution is 2.23. The number of nitrogens with one attached hydrogen (secondary N) is 2. The van der Waals surface area contributed by atoms with Crippen LogP contribution < -0.4 is 5.32 Å². The first-order chi connectivity index (χ1) is 10.3. The fraction of sp³-hybridized carbons (Fsp3) is 0.188. The van der Waals surface area contributed by atoms with E-state index in [-0.39, 0.29) is 0 Å². The van der Waals surface area contributed by atoms with Crippen molar-refractivity contribution in [1.82, 2.24) is 20.2 Å². The van der Waals surface area contributed by atoms with Crippen LogP contribution in [0.5, 0.6) is 0 Å². The van der Waals surface area contributed by atoms with Gasteiger partial charge in [0.2, 0.25) is 5.95 Å². The minimum absolute atomic E-state index is 0.566. The third kappa shape index (κ3) is 2.91. The predicted molar refractivity (Wildman–Crippen MR) is 83.5 cm³/mol. The molecule has 0 saturated heterocycles. The second kappa shape index (κ2) is 5.75. The summed E-state index contributed by atoms with van der Waals surface area (Å²) in [4.78, 5) is 8.92. The summed E-state index contributed by atoms with van der Waals surface area (Å²) >= 11 is 0. The molecule has 0 aliphatic carbocycles. The molecule has 3 rings (SSSR count). The molecule has 21 heavy (non-hydrogen) atoms. The lowest BCUT2D eigenvalue weighted by Crippen LogP contribution is -1.99. The van der Waals surface area contributed by atoms with Gasteiger partial charge in [0.25, 0.3) is 0 Å². The quantitative estimate of drug-likeness (QED) is 0.767. The van der Waals surface area contributed by atoms with Crippen molar-refractivity contribution >= 4 is 11.6 Å². The van der Waals surface area contributed by atoms with Crippen LogP contribution in [0.1, 0.15) is 18.1 Å². The van der Waals surface area contributed by atoms with E-state index >= 15 is 0 Å². The van der Waals surface area contributed by atoms with E-state index in [0.29, 0.717) is 5.95 Å². The van der Waals surface area contributed by atoms with E-state index in [1.165, 1.54) is 5.56 Å². The number of rotatable bonds is 4. The van der Waals surface area contributed by atoms with Crippen LogP contribution >= 0.6 is 0 Å². The zero-order valence-electron chi connectivity index (χ0n) is 12.1. The van der Waals surface area contributed by atoms with Gasteiger partial charge in [0.1, 0.15) is 0 Å². The van der Waals surface area contributed by atoms with Crippen LogP contribution in [0.3, 0.4) is 0 Å². The molecule has 0 atom stereocenters. The molecule has 2 aromatic heterocycles. The van der Waals surface area contributed by atoms with Crippen LogP contribution in [0.2, 0.25) is 0 Å². The smallest absolute Gasteiger partial charge is 0.227 e. The van der Waals surface area contributed by atoms with Crippen LogP contribution in [0, 0.1) is 6.92 Å². The van der Waals surface area contributed by atoms with E-state index in [9.17, 15) is 0 Å². The maximum Gasteiger partial charge on any atom is 0.227 e. The van der Waals surface area contributed by atoms with Crippen molar-refractivity contribution < 1.29 is 0 Å². The average molecular weight is 279 g/mol. The van der Waals surface area contributed by atoms with E-state index in [1.54, 1.807) is 12.4 Å². The normalized spacial score (nSPS) is 10.6. The molecule has 5 nitrogen and oxygen atoms in total. The predicted octanol–water partition coefficient (Wildman–Crippen LogP) is 3.48. The highest BCUT2D eigenvalue weighted by molar-refractivity contribution is 5.65. The van der Waals surface area contributed by atoms with Crippen LogP contribution in [0.4, 0.5) is 11.6 Å². The number of aromatic amines is 1. The lowest BCUT2D eigenvalue weighted by Gasteiger charge is -2.08. The Morgan fingerprint density at radius 3 is 2.62 bits per heavy atom. The maximum absolute atomic E-state index is 4.61. The van der Waals surface area contributed by atoms with Crippen LogP contribution in [0.25, 0.3) is 11.3 Å². The lowest BCUT2D eigenvalue weighted by atomic mass is 10.1. The fourth-order valence-electron chi connectivity index (χ4n) is 2.14. The molecule has 0 fully saturated rings. The Morgan fingerprint density at radius 2 is 1.95 bits per heavy atom. The molecule has 0 unspecified atom stereocenters. The molecular formula is C16H17N5. The van der Waals surface area contributed by atoms with E-state index < -0.39 is 0 Å². The van der Waals surface area contributed by atoms with Gasteiger partial charge < -0.3 is 5.32 Å². The molecule has 2 heterocycles. The molecule has 5 heteroatoms. The van der Waals surface area contributed by atoms with Gasteiger partial charge in [-0.2, -0.15) is 5.10 Å². The minimum Gasteiger partial charge on any atom is -0.321 e. The molecule has 0 aliphatic rings. The Kier molecular flexibility index (Phi) is 3.64. The number of hydrogen-bond acceptors (Lipinski definition) is 4. The van der Waals surface area contributed by atoms with Crippen molar-refractivity contribution in [3.63, 3.8) is 0 Å². The Morgan fingerprint density at radius 1 is 1.14 bits per heavy atom.